The number of thiophene rings is 1. The summed E-state index contributed by atoms with van der Waals surface area (Å²) >= 11 is 1.58. The summed E-state index contributed by atoms with van der Waals surface area (Å²) in [4.78, 5) is 26.2. The SMILES string of the molecule is CC(C)(C)[C@@H]1CCc2c(sc(NC(=O)[C@@H]3C[C@H]4CC[C@H]3C4)c2C(N)=O)C1. The molecule has 2 bridgehead atoms. The van der Waals surface area contributed by atoms with Crippen LogP contribution in [0.2, 0.25) is 0 Å². The van der Waals surface area contributed by atoms with E-state index in [1.54, 1.807) is 11.3 Å². The van der Waals surface area contributed by atoms with E-state index in [1.807, 2.05) is 0 Å². The highest BCUT2D eigenvalue weighted by atomic mass is 32.1. The van der Waals surface area contributed by atoms with Gasteiger partial charge in [0.15, 0.2) is 0 Å². The fourth-order valence-electron chi connectivity index (χ4n) is 5.44. The van der Waals surface area contributed by atoms with E-state index in [0.717, 1.165) is 37.2 Å². The van der Waals surface area contributed by atoms with Gasteiger partial charge in [-0.1, -0.05) is 27.2 Å². The fraction of sp³-hybridized carbons (Fsp3) is 0.714. The van der Waals surface area contributed by atoms with E-state index >= 15 is 0 Å². The highest BCUT2D eigenvalue weighted by Gasteiger charge is 2.43. The normalized spacial score (nSPS) is 30.3. The third-order valence-electron chi connectivity index (χ3n) is 7.05. The van der Waals surface area contributed by atoms with Crippen molar-refractivity contribution in [1.29, 1.82) is 0 Å². The molecule has 0 unspecified atom stereocenters. The van der Waals surface area contributed by atoms with Crippen LogP contribution < -0.4 is 11.1 Å². The van der Waals surface area contributed by atoms with Crippen molar-refractivity contribution in [2.75, 3.05) is 5.32 Å². The molecule has 142 valence electrons. The van der Waals surface area contributed by atoms with Crippen molar-refractivity contribution in [1.82, 2.24) is 0 Å². The number of carbonyl (C=O) groups is 2. The molecule has 0 saturated heterocycles. The fourth-order valence-corrected chi connectivity index (χ4v) is 6.78. The van der Waals surface area contributed by atoms with Gasteiger partial charge in [0.2, 0.25) is 5.91 Å². The Morgan fingerprint density at radius 3 is 2.50 bits per heavy atom. The zero-order valence-electron chi connectivity index (χ0n) is 16.1. The minimum atomic E-state index is -0.403. The van der Waals surface area contributed by atoms with Crippen LogP contribution in [0, 0.1) is 29.1 Å². The van der Waals surface area contributed by atoms with Gasteiger partial charge in [-0.15, -0.1) is 11.3 Å². The van der Waals surface area contributed by atoms with Crippen LogP contribution in [0.25, 0.3) is 0 Å². The molecule has 1 aromatic rings. The maximum absolute atomic E-state index is 12.9. The summed E-state index contributed by atoms with van der Waals surface area (Å²) in [6.07, 6.45) is 7.62. The van der Waals surface area contributed by atoms with Crippen LogP contribution in [0.3, 0.4) is 0 Å². The van der Waals surface area contributed by atoms with Crippen molar-refractivity contribution in [2.45, 2.75) is 65.7 Å². The van der Waals surface area contributed by atoms with Crippen molar-refractivity contribution >= 4 is 28.2 Å². The van der Waals surface area contributed by atoms with Crippen molar-refractivity contribution in [3.8, 4) is 0 Å². The molecule has 4 nitrogen and oxygen atoms in total. The lowest BCUT2D eigenvalue weighted by Crippen LogP contribution is -2.28. The molecule has 3 N–H and O–H groups in total. The Hall–Kier alpha value is -1.36. The highest BCUT2D eigenvalue weighted by Crippen LogP contribution is 2.49. The van der Waals surface area contributed by atoms with Crippen molar-refractivity contribution in [2.24, 2.45) is 34.8 Å². The quantitative estimate of drug-likeness (QED) is 0.824. The van der Waals surface area contributed by atoms with Gasteiger partial charge >= 0.3 is 0 Å². The number of carbonyl (C=O) groups excluding carboxylic acids is 2. The molecule has 0 aliphatic heterocycles. The van der Waals surface area contributed by atoms with Crippen molar-refractivity contribution < 1.29 is 9.59 Å². The number of fused-ring (bicyclic) bond motifs is 3. The third kappa shape index (κ3) is 3.08. The van der Waals surface area contributed by atoms with Crippen LogP contribution >= 0.6 is 11.3 Å². The Labute approximate surface area is 159 Å². The zero-order valence-corrected chi connectivity index (χ0v) is 16.9. The summed E-state index contributed by atoms with van der Waals surface area (Å²) in [5.41, 5.74) is 7.63. The van der Waals surface area contributed by atoms with Gasteiger partial charge in [-0.25, -0.2) is 0 Å². The van der Waals surface area contributed by atoms with Crippen LogP contribution in [-0.2, 0) is 17.6 Å². The number of anilines is 1. The summed E-state index contributed by atoms with van der Waals surface area (Å²) < 4.78 is 0. The van der Waals surface area contributed by atoms with Gasteiger partial charge in [0.25, 0.3) is 5.91 Å². The van der Waals surface area contributed by atoms with Gasteiger partial charge in [-0.3, -0.25) is 9.59 Å². The monoisotopic (exact) mass is 374 g/mol. The van der Waals surface area contributed by atoms with E-state index in [1.165, 1.54) is 24.1 Å². The van der Waals surface area contributed by atoms with E-state index in [0.29, 0.717) is 22.4 Å². The second-order valence-corrected chi connectivity index (χ2v) is 10.8. The Bertz CT molecular complexity index is 746. The average Bonchev–Trinajstić information content (AvgIpc) is 3.26. The maximum Gasteiger partial charge on any atom is 0.251 e. The van der Waals surface area contributed by atoms with E-state index in [4.69, 9.17) is 5.73 Å². The summed E-state index contributed by atoms with van der Waals surface area (Å²) in [6, 6.07) is 0. The van der Waals surface area contributed by atoms with Crippen LogP contribution in [0.1, 0.15) is 73.7 Å². The molecule has 2 saturated carbocycles. The lowest BCUT2D eigenvalue weighted by atomic mass is 9.72. The van der Waals surface area contributed by atoms with Gasteiger partial charge in [-0.05, 0) is 67.3 Å². The molecule has 0 spiro atoms. The van der Waals surface area contributed by atoms with E-state index < -0.39 is 5.91 Å². The molecule has 0 aromatic carbocycles. The van der Waals surface area contributed by atoms with Gasteiger partial charge in [0.1, 0.15) is 5.00 Å². The lowest BCUT2D eigenvalue weighted by molar-refractivity contribution is -0.121. The van der Waals surface area contributed by atoms with Crippen molar-refractivity contribution in [3.63, 3.8) is 0 Å². The molecule has 4 rings (SSSR count). The molecule has 5 heteroatoms. The Morgan fingerprint density at radius 1 is 1.15 bits per heavy atom. The predicted octanol–water partition coefficient (Wildman–Crippen LogP) is 4.37. The summed E-state index contributed by atoms with van der Waals surface area (Å²) in [7, 11) is 0. The van der Waals surface area contributed by atoms with Crippen LogP contribution in [0.5, 0.6) is 0 Å². The standard InChI is InChI=1S/C21H30N2O2S/c1-21(2,3)13-6-7-14-16(10-13)26-20(17(14)18(22)24)23-19(25)15-9-11-4-5-12(15)8-11/h11-13,15H,4-10H2,1-3H3,(H2,22,24)(H,23,25)/t11-,12-,13+,15+/m0/s1. The molecule has 3 aliphatic rings. The Kier molecular flexibility index (Phi) is 4.41. The van der Waals surface area contributed by atoms with Gasteiger partial charge in [0, 0.05) is 10.8 Å². The highest BCUT2D eigenvalue weighted by molar-refractivity contribution is 7.17. The second kappa shape index (κ2) is 6.36. The van der Waals surface area contributed by atoms with Crippen LogP contribution in [-0.4, -0.2) is 11.8 Å². The first-order valence-corrected chi connectivity index (χ1v) is 10.8. The number of primary amides is 1. The lowest BCUT2D eigenvalue weighted by Gasteiger charge is -2.33. The molecule has 0 radical (unpaired) electrons. The molecular weight excluding hydrogens is 344 g/mol. The number of hydrogen-bond acceptors (Lipinski definition) is 3. The summed E-state index contributed by atoms with van der Waals surface area (Å²) in [5.74, 6) is 1.69. The smallest absolute Gasteiger partial charge is 0.251 e. The number of amides is 2. The van der Waals surface area contributed by atoms with E-state index in [2.05, 4.69) is 26.1 Å². The third-order valence-corrected chi connectivity index (χ3v) is 8.22. The van der Waals surface area contributed by atoms with E-state index in [-0.39, 0.29) is 17.2 Å². The van der Waals surface area contributed by atoms with E-state index in [9.17, 15) is 9.59 Å². The zero-order chi connectivity index (χ0) is 18.6. The maximum atomic E-state index is 12.9. The first-order valence-electron chi connectivity index (χ1n) is 9.99. The number of hydrogen-bond donors (Lipinski definition) is 2. The minimum Gasteiger partial charge on any atom is -0.365 e. The molecule has 2 fully saturated rings. The first-order chi connectivity index (χ1) is 12.2. The molecular formula is C21H30N2O2S. The van der Waals surface area contributed by atoms with Crippen molar-refractivity contribution in [3.05, 3.63) is 16.0 Å². The number of rotatable bonds is 3. The van der Waals surface area contributed by atoms with Crippen LogP contribution in [0.15, 0.2) is 0 Å². The largest absolute Gasteiger partial charge is 0.365 e. The van der Waals surface area contributed by atoms with Gasteiger partial charge < -0.3 is 11.1 Å². The van der Waals surface area contributed by atoms with Gasteiger partial charge in [-0.2, -0.15) is 0 Å². The molecule has 26 heavy (non-hydrogen) atoms. The Balaban J connectivity index is 1.58. The second-order valence-electron chi connectivity index (χ2n) is 9.65. The minimum absolute atomic E-state index is 0.102. The first kappa shape index (κ1) is 18.0. The predicted molar refractivity (Wildman–Crippen MR) is 105 cm³/mol. The molecule has 1 heterocycles. The van der Waals surface area contributed by atoms with Crippen LogP contribution in [0.4, 0.5) is 5.00 Å². The average molecular weight is 375 g/mol. The number of nitrogens with two attached hydrogens (primary N) is 1. The molecule has 3 aliphatic carbocycles. The molecule has 4 atom stereocenters. The molecule has 2 amide bonds. The number of nitrogens with one attached hydrogen (secondary N) is 1. The Morgan fingerprint density at radius 2 is 1.92 bits per heavy atom. The summed E-state index contributed by atoms with van der Waals surface area (Å²) in [5, 5.41) is 3.81. The summed E-state index contributed by atoms with van der Waals surface area (Å²) in [6.45, 7) is 6.84. The topological polar surface area (TPSA) is 72.2 Å². The van der Waals surface area contributed by atoms with Gasteiger partial charge in [0.05, 0.1) is 5.56 Å². The molecule has 1 aromatic heterocycles.